The Labute approximate surface area is 619 Å². The SMILES string of the molecule is CCCCCCCCCCCCCCCCCCCCCCC(=O)O[C@H](COC(=O)CCCCCCCCCCCCCCCCCC(C)C)COP(=O)(O)OC[C@@H](O)COP(=O)(O)OC[C@@H](COC(=O)CCCCCCCCCC)OC(=O)CCCCCCCCCCCCCCCCC. The summed E-state index contributed by atoms with van der Waals surface area (Å²) in [5.74, 6) is -1.30. The summed E-state index contributed by atoms with van der Waals surface area (Å²) in [5, 5.41) is 10.6. The molecule has 3 N–H and O–H groups in total. The maximum absolute atomic E-state index is 13.1. The molecular weight excluding hydrogens is 1320 g/mol. The number of hydrogen-bond donors (Lipinski definition) is 3. The molecule has 0 bridgehead atoms. The lowest BCUT2D eigenvalue weighted by Crippen LogP contribution is -2.30. The van der Waals surface area contributed by atoms with Crippen LogP contribution in [0.4, 0.5) is 0 Å². The van der Waals surface area contributed by atoms with Crippen molar-refractivity contribution in [2.24, 2.45) is 5.92 Å². The van der Waals surface area contributed by atoms with E-state index in [9.17, 15) is 43.2 Å². The Bertz CT molecular complexity index is 1930. The summed E-state index contributed by atoms with van der Waals surface area (Å²) in [4.78, 5) is 73.0. The van der Waals surface area contributed by atoms with Crippen molar-refractivity contribution in [1.82, 2.24) is 0 Å². The number of ether oxygens (including phenoxy) is 4. The molecule has 0 spiro atoms. The number of aliphatic hydroxyl groups is 1. The monoisotopic (exact) mass is 1480 g/mol. The van der Waals surface area contributed by atoms with Crippen molar-refractivity contribution in [3.05, 3.63) is 0 Å². The van der Waals surface area contributed by atoms with E-state index in [0.29, 0.717) is 25.7 Å². The summed E-state index contributed by atoms with van der Waals surface area (Å²) in [5.41, 5.74) is 0. The quantitative estimate of drug-likeness (QED) is 0.0222. The Morgan fingerprint density at radius 1 is 0.267 bits per heavy atom. The highest BCUT2D eigenvalue weighted by Crippen LogP contribution is 2.45. The van der Waals surface area contributed by atoms with E-state index >= 15 is 0 Å². The van der Waals surface area contributed by atoms with Gasteiger partial charge in [-0.3, -0.25) is 37.3 Å². The molecule has 2 unspecified atom stereocenters. The lowest BCUT2D eigenvalue weighted by molar-refractivity contribution is -0.161. The van der Waals surface area contributed by atoms with Crippen LogP contribution in [-0.2, 0) is 65.4 Å². The number of hydrogen-bond acceptors (Lipinski definition) is 15. The zero-order valence-electron chi connectivity index (χ0n) is 66.1. The first kappa shape index (κ1) is 99.1. The van der Waals surface area contributed by atoms with Crippen molar-refractivity contribution in [1.29, 1.82) is 0 Å². The van der Waals surface area contributed by atoms with Gasteiger partial charge in [-0.1, -0.05) is 388 Å². The highest BCUT2D eigenvalue weighted by atomic mass is 31.2. The highest BCUT2D eigenvalue weighted by Gasteiger charge is 2.30. The van der Waals surface area contributed by atoms with Crippen LogP contribution in [-0.4, -0.2) is 96.7 Å². The summed E-state index contributed by atoms with van der Waals surface area (Å²) in [7, 11) is -9.92. The van der Waals surface area contributed by atoms with E-state index in [0.717, 1.165) is 95.8 Å². The normalized spacial score (nSPS) is 13.8. The minimum atomic E-state index is -4.96. The van der Waals surface area contributed by atoms with Crippen molar-refractivity contribution in [3.63, 3.8) is 0 Å². The van der Waals surface area contributed by atoms with E-state index in [1.807, 2.05) is 0 Å². The van der Waals surface area contributed by atoms with Gasteiger partial charge >= 0.3 is 39.5 Å². The van der Waals surface area contributed by atoms with Gasteiger partial charge in [0, 0.05) is 25.7 Å². The van der Waals surface area contributed by atoms with Crippen LogP contribution in [0.15, 0.2) is 0 Å². The highest BCUT2D eigenvalue weighted by molar-refractivity contribution is 7.47. The summed E-state index contributed by atoms with van der Waals surface area (Å²) in [6.07, 6.45) is 66.7. The summed E-state index contributed by atoms with van der Waals surface area (Å²) in [6, 6.07) is 0. The largest absolute Gasteiger partial charge is 0.472 e. The molecule has 0 fully saturated rings. The lowest BCUT2D eigenvalue weighted by atomic mass is 10.0. The molecule has 0 aliphatic carbocycles. The molecule has 17 nitrogen and oxygen atoms in total. The minimum Gasteiger partial charge on any atom is -0.462 e. The number of carbonyl (C=O) groups is 4. The van der Waals surface area contributed by atoms with Crippen molar-refractivity contribution >= 4 is 39.5 Å². The topological polar surface area (TPSA) is 237 Å². The molecule has 600 valence electrons. The van der Waals surface area contributed by atoms with Crippen LogP contribution >= 0.6 is 15.6 Å². The number of phosphoric ester groups is 2. The zero-order valence-corrected chi connectivity index (χ0v) is 67.8. The predicted octanol–water partition coefficient (Wildman–Crippen LogP) is 24.8. The number of aliphatic hydroxyl groups excluding tert-OH is 1. The fraction of sp³-hybridized carbons (Fsp3) is 0.951. The first-order valence-electron chi connectivity index (χ1n) is 42.6. The van der Waals surface area contributed by atoms with Gasteiger partial charge in [0.1, 0.15) is 19.3 Å². The fourth-order valence-electron chi connectivity index (χ4n) is 12.8. The Morgan fingerprint density at radius 3 is 0.673 bits per heavy atom. The van der Waals surface area contributed by atoms with Crippen molar-refractivity contribution < 1.29 is 80.2 Å². The van der Waals surface area contributed by atoms with Crippen LogP contribution in [0.25, 0.3) is 0 Å². The van der Waals surface area contributed by atoms with E-state index in [1.54, 1.807) is 0 Å². The van der Waals surface area contributed by atoms with Gasteiger partial charge in [-0.2, -0.15) is 0 Å². The average Bonchev–Trinajstić information content (AvgIpc) is 0.949. The van der Waals surface area contributed by atoms with Gasteiger partial charge in [0.15, 0.2) is 12.2 Å². The molecule has 0 aromatic carbocycles. The molecule has 0 saturated heterocycles. The molecule has 19 heteroatoms. The van der Waals surface area contributed by atoms with Gasteiger partial charge in [-0.05, 0) is 31.6 Å². The first-order valence-corrected chi connectivity index (χ1v) is 45.6. The number of unbranched alkanes of at least 4 members (excludes halogenated alkanes) is 54. The number of carbonyl (C=O) groups excluding carboxylic acids is 4. The smallest absolute Gasteiger partial charge is 0.462 e. The van der Waals surface area contributed by atoms with Crippen LogP contribution in [0.3, 0.4) is 0 Å². The third-order valence-corrected chi connectivity index (χ3v) is 21.2. The Morgan fingerprint density at radius 2 is 0.455 bits per heavy atom. The molecule has 5 atom stereocenters. The molecule has 101 heavy (non-hydrogen) atoms. The van der Waals surface area contributed by atoms with E-state index in [1.165, 1.54) is 263 Å². The van der Waals surface area contributed by atoms with Crippen molar-refractivity contribution in [2.45, 2.75) is 457 Å². The summed E-state index contributed by atoms with van der Waals surface area (Å²) in [6.45, 7) is 7.34. The van der Waals surface area contributed by atoms with Crippen LogP contribution in [0, 0.1) is 5.92 Å². The Hall–Kier alpha value is -1.94. The Balaban J connectivity index is 5.19. The van der Waals surface area contributed by atoms with Gasteiger partial charge < -0.3 is 33.8 Å². The molecular formula is C82H160O17P2. The van der Waals surface area contributed by atoms with E-state index in [2.05, 4.69) is 34.6 Å². The van der Waals surface area contributed by atoms with E-state index < -0.39 is 97.5 Å². The second-order valence-electron chi connectivity index (χ2n) is 30.0. The second-order valence-corrected chi connectivity index (χ2v) is 32.9. The fourth-order valence-corrected chi connectivity index (χ4v) is 14.3. The van der Waals surface area contributed by atoms with E-state index in [4.69, 9.17) is 37.0 Å². The predicted molar refractivity (Wildman–Crippen MR) is 414 cm³/mol. The van der Waals surface area contributed by atoms with Gasteiger partial charge in [0.25, 0.3) is 0 Å². The Kier molecular flexibility index (Phi) is 73.5. The van der Waals surface area contributed by atoms with Crippen LogP contribution in [0.2, 0.25) is 0 Å². The maximum atomic E-state index is 13.1. The number of rotatable bonds is 82. The minimum absolute atomic E-state index is 0.108. The lowest BCUT2D eigenvalue weighted by Gasteiger charge is -2.21. The second kappa shape index (κ2) is 74.9. The van der Waals surface area contributed by atoms with Gasteiger partial charge in [-0.15, -0.1) is 0 Å². The van der Waals surface area contributed by atoms with Gasteiger partial charge in [0.05, 0.1) is 26.4 Å². The van der Waals surface area contributed by atoms with Crippen LogP contribution in [0.1, 0.15) is 439 Å². The third kappa shape index (κ3) is 76.1. The molecule has 0 heterocycles. The molecule has 0 rings (SSSR count). The zero-order chi connectivity index (χ0) is 74.1. The molecule has 0 radical (unpaired) electrons. The average molecular weight is 1480 g/mol. The molecule has 0 aromatic heterocycles. The van der Waals surface area contributed by atoms with Crippen LogP contribution in [0.5, 0.6) is 0 Å². The van der Waals surface area contributed by atoms with E-state index in [-0.39, 0.29) is 25.7 Å². The molecule has 0 amide bonds. The molecule has 0 aliphatic heterocycles. The van der Waals surface area contributed by atoms with Gasteiger partial charge in [-0.25, -0.2) is 9.13 Å². The molecule has 0 aromatic rings. The number of esters is 4. The maximum Gasteiger partial charge on any atom is 0.472 e. The number of phosphoric acid groups is 2. The summed E-state index contributed by atoms with van der Waals surface area (Å²) >= 11 is 0. The standard InChI is InChI=1S/C82H160O17P2/c1-6-9-12-15-18-21-23-25-27-28-29-30-31-35-40-44-48-53-58-63-68-82(87)99-78(72-93-80(85)66-61-56-51-46-42-38-36-32-34-37-41-45-49-54-59-64-75(4)5)74-97-101(90,91)95-70-76(83)69-94-100(88,89)96-73-77(71-92-79(84)65-60-55-50-20-17-14-11-8-3)98-81(86)67-62-57-52-47-43-39-33-26-24-22-19-16-13-10-7-2/h75-78,83H,6-74H2,1-5H3,(H,88,89)(H,90,91)/t76-,77+,78+/m0/s1. The van der Waals surface area contributed by atoms with Gasteiger partial charge in [0.2, 0.25) is 0 Å². The molecule has 0 aliphatic rings. The van der Waals surface area contributed by atoms with Crippen LogP contribution < -0.4 is 0 Å². The molecule has 0 saturated carbocycles. The third-order valence-electron chi connectivity index (χ3n) is 19.3. The first-order chi connectivity index (χ1) is 49.0. The van der Waals surface area contributed by atoms with Crippen molar-refractivity contribution in [2.75, 3.05) is 39.6 Å². The van der Waals surface area contributed by atoms with Crippen molar-refractivity contribution in [3.8, 4) is 0 Å². The summed E-state index contributed by atoms with van der Waals surface area (Å²) < 4.78 is 68.7.